The summed E-state index contributed by atoms with van der Waals surface area (Å²) in [6.07, 6.45) is 7.17. The number of carbonyl (C=O) groups is 1. The number of ether oxygens (including phenoxy) is 1. The lowest BCUT2D eigenvalue weighted by Crippen LogP contribution is -2.36. The fourth-order valence-electron chi connectivity index (χ4n) is 6.30. The second-order valence-corrected chi connectivity index (χ2v) is 12.8. The highest BCUT2D eigenvalue weighted by Gasteiger charge is 2.48. The molecule has 4 aromatic rings. The molecule has 3 fully saturated rings. The molecule has 2 aromatic carbocycles. The molecule has 3 heterocycles. The van der Waals surface area contributed by atoms with E-state index < -0.39 is 6.04 Å². The monoisotopic (exact) mass is 565 g/mol. The summed E-state index contributed by atoms with van der Waals surface area (Å²) in [5.74, 6) is 0.430. The van der Waals surface area contributed by atoms with E-state index in [0.29, 0.717) is 31.1 Å². The van der Waals surface area contributed by atoms with E-state index in [1.165, 1.54) is 6.42 Å². The van der Waals surface area contributed by atoms with Gasteiger partial charge in [0.25, 0.3) is 5.89 Å². The third-order valence-electron chi connectivity index (χ3n) is 8.95. The van der Waals surface area contributed by atoms with E-state index in [2.05, 4.69) is 45.5 Å². The maximum Gasteiger partial charge on any atom is 0.316 e. The van der Waals surface area contributed by atoms with Gasteiger partial charge in [-0.3, -0.25) is 4.79 Å². The molecule has 0 amide bonds. The van der Waals surface area contributed by atoms with E-state index in [1.807, 2.05) is 42.5 Å². The van der Waals surface area contributed by atoms with Crippen LogP contribution in [-0.2, 0) is 21.4 Å². The molecule has 208 valence electrons. The van der Waals surface area contributed by atoms with E-state index in [-0.39, 0.29) is 17.2 Å². The second-order valence-electron chi connectivity index (χ2n) is 11.8. The molecule has 0 radical (unpaired) electrons. The molecule has 0 spiro atoms. The highest BCUT2D eigenvalue weighted by atomic mass is 32.1. The Hall–Kier alpha value is -3.82. The van der Waals surface area contributed by atoms with Crippen LogP contribution in [0.1, 0.15) is 54.3 Å². The van der Waals surface area contributed by atoms with Crippen molar-refractivity contribution in [3.63, 3.8) is 0 Å². The molecule has 2 saturated carbocycles. The minimum absolute atomic E-state index is 0.0470. The van der Waals surface area contributed by atoms with Crippen molar-refractivity contribution in [1.82, 2.24) is 15.2 Å². The molecule has 1 saturated heterocycles. The van der Waals surface area contributed by atoms with Crippen molar-refractivity contribution in [2.45, 2.75) is 62.6 Å². The fourth-order valence-corrected chi connectivity index (χ4v) is 7.64. The van der Waals surface area contributed by atoms with Crippen molar-refractivity contribution >= 4 is 33.7 Å². The van der Waals surface area contributed by atoms with Gasteiger partial charge in [0, 0.05) is 18.4 Å². The van der Waals surface area contributed by atoms with Crippen molar-refractivity contribution in [3.05, 3.63) is 82.4 Å². The Kier molecular flexibility index (Phi) is 5.86. The van der Waals surface area contributed by atoms with Crippen LogP contribution in [0.2, 0.25) is 0 Å². The lowest BCUT2D eigenvalue weighted by atomic mass is 9.71. The molecule has 9 heteroatoms. The van der Waals surface area contributed by atoms with Gasteiger partial charge in [0.2, 0.25) is 0 Å². The van der Waals surface area contributed by atoms with Crippen molar-refractivity contribution in [1.29, 1.82) is 0 Å². The first-order chi connectivity index (χ1) is 20.1. The van der Waals surface area contributed by atoms with Crippen LogP contribution in [0.3, 0.4) is 0 Å². The number of rotatable bonds is 6. The number of hydrogen-bond donors (Lipinski definition) is 1. The number of thiazole rings is 1. The number of aromatic nitrogens is 3. The molecule has 3 aliphatic carbocycles. The number of anilines is 2. The molecule has 8 nitrogen and oxygen atoms in total. The van der Waals surface area contributed by atoms with E-state index in [0.717, 1.165) is 63.8 Å². The van der Waals surface area contributed by atoms with Crippen molar-refractivity contribution in [3.8, 4) is 11.6 Å². The molecule has 0 unspecified atom stereocenters. The zero-order valence-electron chi connectivity index (χ0n) is 22.9. The van der Waals surface area contributed by atoms with Crippen LogP contribution in [0, 0.1) is 0 Å². The summed E-state index contributed by atoms with van der Waals surface area (Å²) >= 11 is 1.76. The van der Waals surface area contributed by atoms with Crippen LogP contribution in [0.15, 0.2) is 65.1 Å². The molecule has 0 bridgehead atoms. The maximum absolute atomic E-state index is 13.5. The van der Waals surface area contributed by atoms with Crippen LogP contribution < -0.4 is 10.2 Å². The van der Waals surface area contributed by atoms with E-state index in [4.69, 9.17) is 14.1 Å². The number of fused-ring (bicyclic) bond motifs is 2. The predicted octanol–water partition coefficient (Wildman–Crippen LogP) is 5.65. The first-order valence-corrected chi connectivity index (χ1v) is 15.3. The number of Topliss-reactive ketones (excluding diaryl/α,β-unsaturated/α-hetero) is 1. The molecule has 4 aliphatic rings. The van der Waals surface area contributed by atoms with Gasteiger partial charge in [-0.1, -0.05) is 73.0 Å². The van der Waals surface area contributed by atoms with Crippen LogP contribution in [0.25, 0.3) is 17.2 Å². The molecule has 41 heavy (non-hydrogen) atoms. The minimum atomic E-state index is -0.614. The first kappa shape index (κ1) is 24.9. The molecule has 3 atom stereocenters. The number of hydrogen-bond acceptors (Lipinski definition) is 9. The standard InChI is InChI=1S/C32H31N5O3S/c1-32(12-7-13-32)30-34-27(29(41-30)37-14-15-39-26-18-24(26)37)28-35-36-31(40-28)33-23-17-22(19-8-3-2-4-9-19)21-11-6-5-10-20(21)16-25(23)38/h2-6,8-11,17,23-24,26H,7,12-16,18H2,1H3,(H,33,36)/t23-,24+,26-/m0/s1. The SMILES string of the molecule is CC1(c2nc(-c3nnc(N[C@H]4C=C(c5ccccc5)c5ccccc5CC4=O)o3)c(N3CCO[C@H]4C[C@H]43)s2)CCC1. The number of benzene rings is 2. The number of carbonyl (C=O) groups excluding carboxylic acids is 1. The van der Waals surface area contributed by atoms with Crippen molar-refractivity contribution in [2.75, 3.05) is 23.4 Å². The predicted molar refractivity (Wildman–Crippen MR) is 158 cm³/mol. The molecular formula is C32H31N5O3S. The Bertz CT molecular complexity index is 1660. The Morgan fingerprint density at radius 3 is 2.73 bits per heavy atom. The van der Waals surface area contributed by atoms with Gasteiger partial charge in [-0.2, -0.15) is 0 Å². The average molecular weight is 566 g/mol. The Balaban J connectivity index is 1.13. The fraction of sp³-hybridized carbons (Fsp3) is 0.375. The third kappa shape index (κ3) is 4.38. The zero-order chi connectivity index (χ0) is 27.6. The van der Waals surface area contributed by atoms with Gasteiger partial charge in [-0.05, 0) is 47.6 Å². The van der Waals surface area contributed by atoms with Crippen molar-refractivity contribution in [2.24, 2.45) is 0 Å². The quantitative estimate of drug-likeness (QED) is 0.321. The largest absolute Gasteiger partial charge is 0.402 e. The second kappa shape index (κ2) is 9.63. The summed E-state index contributed by atoms with van der Waals surface area (Å²) in [7, 11) is 0. The van der Waals surface area contributed by atoms with Gasteiger partial charge in [-0.25, -0.2) is 4.98 Å². The topological polar surface area (TPSA) is 93.4 Å². The summed E-state index contributed by atoms with van der Waals surface area (Å²) < 4.78 is 12.1. The van der Waals surface area contributed by atoms with E-state index in [9.17, 15) is 4.79 Å². The zero-order valence-corrected chi connectivity index (χ0v) is 23.7. The first-order valence-electron chi connectivity index (χ1n) is 14.4. The van der Waals surface area contributed by atoms with Crippen LogP contribution >= 0.6 is 11.3 Å². The van der Waals surface area contributed by atoms with Gasteiger partial charge < -0.3 is 19.4 Å². The highest BCUT2D eigenvalue weighted by molar-refractivity contribution is 7.16. The smallest absolute Gasteiger partial charge is 0.316 e. The summed E-state index contributed by atoms with van der Waals surface area (Å²) in [4.78, 5) is 21.0. The van der Waals surface area contributed by atoms with E-state index >= 15 is 0 Å². The summed E-state index contributed by atoms with van der Waals surface area (Å²) in [6, 6.07) is 18.3. The highest BCUT2D eigenvalue weighted by Crippen LogP contribution is 2.51. The van der Waals surface area contributed by atoms with Gasteiger partial charge >= 0.3 is 6.01 Å². The van der Waals surface area contributed by atoms with Gasteiger partial charge in [0.15, 0.2) is 11.5 Å². The number of morpholine rings is 1. The van der Waals surface area contributed by atoms with Gasteiger partial charge in [-0.15, -0.1) is 16.4 Å². The summed E-state index contributed by atoms with van der Waals surface area (Å²) in [5.41, 5.74) is 4.99. The van der Waals surface area contributed by atoms with Crippen LogP contribution in [-0.4, -0.2) is 52.3 Å². The maximum atomic E-state index is 13.5. The Labute approximate surface area is 242 Å². The summed E-state index contributed by atoms with van der Waals surface area (Å²) in [6.45, 7) is 3.84. The Morgan fingerprint density at radius 1 is 1.07 bits per heavy atom. The molecule has 2 aromatic heterocycles. The summed E-state index contributed by atoms with van der Waals surface area (Å²) in [5, 5.41) is 14.2. The molecule has 1 N–H and O–H groups in total. The third-order valence-corrected chi connectivity index (χ3v) is 10.4. The molecular weight excluding hydrogens is 534 g/mol. The lowest BCUT2D eigenvalue weighted by Gasteiger charge is -2.36. The van der Waals surface area contributed by atoms with Crippen LogP contribution in [0.4, 0.5) is 11.0 Å². The van der Waals surface area contributed by atoms with E-state index in [1.54, 1.807) is 11.3 Å². The molecule has 1 aliphatic heterocycles. The minimum Gasteiger partial charge on any atom is -0.402 e. The normalized spacial score (nSPS) is 24.5. The van der Waals surface area contributed by atoms with Crippen LogP contribution in [0.5, 0.6) is 0 Å². The average Bonchev–Trinajstić information content (AvgIpc) is 3.47. The molecule has 8 rings (SSSR count). The van der Waals surface area contributed by atoms with Crippen molar-refractivity contribution < 1.29 is 13.9 Å². The number of nitrogens with one attached hydrogen (secondary N) is 1. The van der Waals surface area contributed by atoms with Gasteiger partial charge in [0.1, 0.15) is 16.1 Å². The Morgan fingerprint density at radius 2 is 1.90 bits per heavy atom. The number of ketones is 1. The van der Waals surface area contributed by atoms with Gasteiger partial charge in [0.05, 0.1) is 18.8 Å². The number of nitrogens with zero attached hydrogens (tertiary/aromatic N) is 4. The lowest BCUT2D eigenvalue weighted by molar-refractivity contribution is -0.118.